The number of hydrogen-bond acceptors (Lipinski definition) is 3. The van der Waals surface area contributed by atoms with E-state index in [0.29, 0.717) is 5.92 Å². The topological polar surface area (TPSA) is 60.6 Å². The van der Waals surface area contributed by atoms with Gasteiger partial charge in [0.2, 0.25) is 0 Å². The average Bonchev–Trinajstić information content (AvgIpc) is 1.86. The first kappa shape index (κ1) is 12.2. The molecule has 71 valence electrons. The van der Waals surface area contributed by atoms with Gasteiger partial charge >= 0.3 is 19.5 Å². The Labute approximate surface area is 85.6 Å². The van der Waals surface area contributed by atoms with Crippen molar-refractivity contribution in [1.29, 1.82) is 0 Å². The fourth-order valence-corrected chi connectivity index (χ4v) is 1.52. The molecule has 6 heteroatoms. The Hall–Kier alpha value is 0.203. The molecule has 4 nitrogen and oxygen atoms in total. The maximum atomic E-state index is 10.7. The van der Waals surface area contributed by atoms with Crippen LogP contribution < -0.4 is 0 Å². The largest absolute Gasteiger partial charge is 2.00 e. The van der Waals surface area contributed by atoms with Gasteiger partial charge in [0.05, 0.1) is 10.0 Å². The third-order valence-electron chi connectivity index (χ3n) is 1.52. The first-order valence-electron chi connectivity index (χ1n) is 3.46. The Morgan fingerprint density at radius 3 is 2.42 bits per heavy atom. The van der Waals surface area contributed by atoms with Crippen molar-refractivity contribution in [1.82, 2.24) is 0 Å². The number of hydrogen-bond donors (Lipinski definition) is 0. The Morgan fingerprint density at radius 2 is 2.08 bits per heavy atom. The first-order chi connectivity index (χ1) is 5.01. The van der Waals surface area contributed by atoms with Crippen LogP contribution in [0.5, 0.6) is 0 Å². The molecule has 0 atom stereocenters. The zero-order valence-corrected chi connectivity index (χ0v) is 9.40. The van der Waals surface area contributed by atoms with E-state index in [9.17, 15) is 8.42 Å². The summed E-state index contributed by atoms with van der Waals surface area (Å²) >= 11 is 0. The van der Waals surface area contributed by atoms with Gasteiger partial charge in [-0.3, -0.25) is 4.99 Å². The molecule has 1 heterocycles. The third-order valence-corrected chi connectivity index (χ3v) is 2.50. The molecule has 0 N–H and O–H groups in total. The van der Waals surface area contributed by atoms with Gasteiger partial charge in [0.15, 0.2) is 0 Å². The van der Waals surface area contributed by atoms with Gasteiger partial charge < -0.3 is 4.72 Å². The van der Waals surface area contributed by atoms with Gasteiger partial charge in [0, 0.05) is 0 Å². The average molecular weight is 278 g/mol. The van der Waals surface area contributed by atoms with E-state index >= 15 is 0 Å². The number of rotatable bonds is 1. The minimum Gasteiger partial charge on any atom is -0.543 e. The van der Waals surface area contributed by atoms with E-state index in [-0.39, 0.29) is 31.9 Å². The molecule has 0 aromatic rings. The summed E-state index contributed by atoms with van der Waals surface area (Å²) in [5.74, 6) is 0.134. The quantitative estimate of drug-likeness (QED) is 0.665. The maximum Gasteiger partial charge on any atom is 2.00 e. The molecule has 12 heavy (non-hydrogen) atoms. The monoisotopic (exact) mass is 278 g/mol. The summed E-state index contributed by atoms with van der Waals surface area (Å²) in [7, 11) is -3.21. The van der Waals surface area contributed by atoms with Crippen molar-refractivity contribution in [3.63, 3.8) is 0 Å². The SMILES string of the molecule is CC(C)C1=NCS(=O)(=O)[N-]C1.[Rh+2]. The second kappa shape index (κ2) is 4.44. The van der Waals surface area contributed by atoms with E-state index in [1.165, 1.54) is 0 Å². The summed E-state index contributed by atoms with van der Waals surface area (Å²) in [5.41, 5.74) is 0.875. The van der Waals surface area contributed by atoms with E-state index in [4.69, 9.17) is 0 Å². The fraction of sp³-hybridized carbons (Fsp3) is 0.833. The minimum atomic E-state index is -3.21. The summed E-state index contributed by atoms with van der Waals surface area (Å²) < 4.78 is 25.0. The molecule has 0 aromatic heterocycles. The molecule has 0 bridgehead atoms. The predicted molar refractivity (Wildman–Crippen MR) is 44.3 cm³/mol. The number of aliphatic imine (C=N–C) groups is 1. The molecule has 1 aliphatic heterocycles. The van der Waals surface area contributed by atoms with Crippen LogP contribution in [0.1, 0.15) is 13.8 Å². The molecule has 1 rings (SSSR count). The normalized spacial score (nSPS) is 21.4. The summed E-state index contributed by atoms with van der Waals surface area (Å²) in [5, 5.41) is 0. The Kier molecular flexibility index (Phi) is 4.52. The number of sulfonamides is 1. The smallest absolute Gasteiger partial charge is 0.543 e. The summed E-state index contributed by atoms with van der Waals surface area (Å²) in [6.45, 7) is 4.21. The Bertz CT molecular complexity index is 271. The molecule has 0 fully saturated rings. The molecule has 0 unspecified atom stereocenters. The molecular formula is C6H11N2O2RhS+. The van der Waals surface area contributed by atoms with Crippen molar-refractivity contribution in [2.45, 2.75) is 13.8 Å². The second-order valence-electron chi connectivity index (χ2n) is 2.80. The summed E-state index contributed by atoms with van der Waals surface area (Å²) in [6.07, 6.45) is 0. The van der Waals surface area contributed by atoms with Crippen LogP contribution in [-0.4, -0.2) is 26.6 Å². The van der Waals surface area contributed by atoms with Crippen molar-refractivity contribution in [3.05, 3.63) is 4.72 Å². The van der Waals surface area contributed by atoms with Crippen LogP contribution >= 0.6 is 0 Å². The van der Waals surface area contributed by atoms with Gasteiger partial charge in [-0.1, -0.05) is 20.4 Å². The Balaban J connectivity index is 0.00000121. The molecule has 0 saturated carbocycles. The summed E-state index contributed by atoms with van der Waals surface area (Å²) in [6, 6.07) is 0. The zero-order chi connectivity index (χ0) is 8.48. The van der Waals surface area contributed by atoms with Crippen LogP contribution in [0.4, 0.5) is 0 Å². The fourth-order valence-electron chi connectivity index (χ4n) is 0.785. The molecule has 1 aliphatic rings. The molecule has 0 aliphatic carbocycles. The van der Waals surface area contributed by atoms with Crippen LogP contribution in [0.3, 0.4) is 0 Å². The number of nitrogens with zero attached hydrogens (tertiary/aromatic N) is 2. The standard InChI is InChI=1S/C6H11N2O2S.Rh/c1-5(2)6-3-8-11(9,10)4-7-6;/h5H,3-4H2,1-2H3;/q-1;+2. The minimum absolute atomic E-state index is 0. The van der Waals surface area contributed by atoms with Crippen molar-refractivity contribution in [3.8, 4) is 0 Å². The first-order valence-corrected chi connectivity index (χ1v) is 5.07. The van der Waals surface area contributed by atoms with Gasteiger partial charge in [-0.2, -0.15) is 0 Å². The molecule has 0 saturated heterocycles. The van der Waals surface area contributed by atoms with Crippen LogP contribution in [0, 0.1) is 5.92 Å². The maximum absolute atomic E-state index is 10.7. The van der Waals surface area contributed by atoms with Crippen molar-refractivity contribution < 1.29 is 27.9 Å². The molecular weight excluding hydrogens is 267 g/mol. The van der Waals surface area contributed by atoms with Crippen molar-refractivity contribution in [2.75, 3.05) is 12.4 Å². The molecule has 1 radical (unpaired) electrons. The van der Waals surface area contributed by atoms with Crippen LogP contribution in [0.2, 0.25) is 0 Å². The van der Waals surface area contributed by atoms with Gasteiger partial charge in [0.25, 0.3) is 0 Å². The molecule has 0 aromatic carbocycles. The molecule has 0 amide bonds. The van der Waals surface area contributed by atoms with Crippen molar-refractivity contribution >= 4 is 15.7 Å². The van der Waals surface area contributed by atoms with E-state index in [1.54, 1.807) is 0 Å². The second-order valence-corrected chi connectivity index (χ2v) is 4.48. The van der Waals surface area contributed by atoms with Crippen LogP contribution in [0.15, 0.2) is 4.99 Å². The van der Waals surface area contributed by atoms with Gasteiger partial charge in [-0.15, -0.1) is 0 Å². The van der Waals surface area contributed by atoms with E-state index in [2.05, 4.69) is 9.71 Å². The zero-order valence-electron chi connectivity index (χ0n) is 6.94. The predicted octanol–water partition coefficient (Wildman–Crippen LogP) is 0.756. The van der Waals surface area contributed by atoms with E-state index in [1.807, 2.05) is 13.8 Å². The van der Waals surface area contributed by atoms with Gasteiger partial charge in [-0.25, -0.2) is 8.42 Å². The van der Waals surface area contributed by atoms with Gasteiger partial charge in [0.1, 0.15) is 5.88 Å². The van der Waals surface area contributed by atoms with Crippen LogP contribution in [0.25, 0.3) is 4.72 Å². The summed E-state index contributed by atoms with van der Waals surface area (Å²) in [4.78, 5) is 3.92. The van der Waals surface area contributed by atoms with E-state index in [0.717, 1.165) is 5.71 Å². The van der Waals surface area contributed by atoms with Crippen LogP contribution in [-0.2, 0) is 29.5 Å². The van der Waals surface area contributed by atoms with Crippen molar-refractivity contribution in [2.24, 2.45) is 10.9 Å². The third kappa shape index (κ3) is 3.29. The Morgan fingerprint density at radius 1 is 1.50 bits per heavy atom. The van der Waals surface area contributed by atoms with Gasteiger partial charge in [-0.05, 0) is 11.6 Å². The molecule has 0 spiro atoms. The van der Waals surface area contributed by atoms with E-state index < -0.39 is 10.0 Å².